The third-order valence-electron chi connectivity index (χ3n) is 1.65. The summed E-state index contributed by atoms with van der Waals surface area (Å²) >= 11 is 0. The molecule has 5 N–H and O–H groups in total. The van der Waals surface area contributed by atoms with Gasteiger partial charge in [0.25, 0.3) is 0 Å². The van der Waals surface area contributed by atoms with Gasteiger partial charge in [0, 0.05) is 19.0 Å². The highest BCUT2D eigenvalue weighted by atomic mass is 16.6. The van der Waals surface area contributed by atoms with Gasteiger partial charge in [-0.2, -0.15) is 0 Å². The van der Waals surface area contributed by atoms with Crippen molar-refractivity contribution >= 4 is 12.0 Å². The average Bonchev–Trinajstić information content (AvgIpc) is 1.98. The van der Waals surface area contributed by atoms with Crippen LogP contribution in [-0.4, -0.2) is 30.2 Å². The molecule has 0 aromatic rings. The molecule has 6 nitrogen and oxygen atoms in total. The summed E-state index contributed by atoms with van der Waals surface area (Å²) in [6.07, 6.45) is 0.122. The number of amides is 2. The Morgan fingerprint density at radius 1 is 1.38 bits per heavy atom. The molecule has 0 fully saturated rings. The molecule has 0 radical (unpaired) electrons. The van der Waals surface area contributed by atoms with Crippen LogP contribution in [0.4, 0.5) is 4.79 Å². The van der Waals surface area contributed by atoms with Crippen molar-refractivity contribution in [2.45, 2.75) is 45.3 Å². The lowest BCUT2D eigenvalue weighted by atomic mass is 10.1. The van der Waals surface area contributed by atoms with E-state index in [1.54, 1.807) is 20.8 Å². The zero-order valence-corrected chi connectivity index (χ0v) is 10.1. The Morgan fingerprint density at radius 3 is 2.38 bits per heavy atom. The molecule has 0 saturated heterocycles. The van der Waals surface area contributed by atoms with Crippen molar-refractivity contribution in [3.63, 3.8) is 0 Å². The highest BCUT2D eigenvalue weighted by molar-refractivity contribution is 5.74. The lowest BCUT2D eigenvalue weighted by Crippen LogP contribution is -2.36. The molecule has 0 aliphatic rings. The maximum Gasteiger partial charge on any atom is 0.407 e. The van der Waals surface area contributed by atoms with E-state index in [0.717, 1.165) is 0 Å². The lowest BCUT2D eigenvalue weighted by Gasteiger charge is -2.20. The van der Waals surface area contributed by atoms with Crippen LogP contribution in [0.1, 0.15) is 33.6 Å². The number of alkyl carbamates (subject to hydrolysis) is 1. The third kappa shape index (κ3) is 9.26. The summed E-state index contributed by atoms with van der Waals surface area (Å²) in [7, 11) is 0. The fraction of sp³-hybridized carbons (Fsp3) is 0.800. The van der Waals surface area contributed by atoms with Crippen molar-refractivity contribution in [3.05, 3.63) is 0 Å². The first kappa shape index (κ1) is 14.7. The van der Waals surface area contributed by atoms with Crippen molar-refractivity contribution in [2.24, 2.45) is 11.5 Å². The number of ether oxygens (including phenoxy) is 1. The van der Waals surface area contributed by atoms with E-state index in [2.05, 4.69) is 5.32 Å². The summed E-state index contributed by atoms with van der Waals surface area (Å²) in [6, 6.07) is -0.326. The summed E-state index contributed by atoms with van der Waals surface area (Å²) < 4.78 is 5.02. The number of rotatable bonds is 5. The first-order chi connectivity index (χ1) is 7.20. The van der Waals surface area contributed by atoms with Gasteiger partial charge >= 0.3 is 6.09 Å². The van der Waals surface area contributed by atoms with Gasteiger partial charge in [0.1, 0.15) is 5.60 Å². The number of nitrogens with one attached hydrogen (secondary N) is 1. The number of carbonyl (C=O) groups is 2. The predicted octanol–water partition coefficient (Wildman–Crippen LogP) is 0.104. The van der Waals surface area contributed by atoms with Gasteiger partial charge in [0.2, 0.25) is 5.91 Å². The molecule has 0 aliphatic heterocycles. The second kappa shape index (κ2) is 6.32. The van der Waals surface area contributed by atoms with Gasteiger partial charge in [0.05, 0.1) is 0 Å². The van der Waals surface area contributed by atoms with Gasteiger partial charge in [-0.25, -0.2) is 4.79 Å². The summed E-state index contributed by atoms with van der Waals surface area (Å²) in [5.74, 6) is -0.440. The molecule has 1 atom stereocenters. The molecule has 0 rings (SSSR count). The van der Waals surface area contributed by atoms with Crippen LogP contribution >= 0.6 is 0 Å². The zero-order chi connectivity index (χ0) is 12.8. The van der Waals surface area contributed by atoms with Gasteiger partial charge in [-0.3, -0.25) is 4.79 Å². The molecular formula is C10H21N3O3. The highest BCUT2D eigenvalue weighted by Gasteiger charge is 2.15. The van der Waals surface area contributed by atoms with Crippen molar-refractivity contribution in [3.8, 4) is 0 Å². The van der Waals surface area contributed by atoms with Crippen LogP contribution in [0.15, 0.2) is 0 Å². The van der Waals surface area contributed by atoms with Gasteiger partial charge < -0.3 is 21.5 Å². The number of hydrogen-bond donors (Lipinski definition) is 3. The maximum atomic E-state index is 11.2. The van der Waals surface area contributed by atoms with Gasteiger partial charge in [0.15, 0.2) is 0 Å². The van der Waals surface area contributed by atoms with Crippen molar-refractivity contribution in [2.75, 3.05) is 6.54 Å². The highest BCUT2D eigenvalue weighted by Crippen LogP contribution is 2.06. The van der Waals surface area contributed by atoms with E-state index in [9.17, 15) is 9.59 Å². The van der Waals surface area contributed by atoms with E-state index in [-0.39, 0.29) is 12.5 Å². The van der Waals surface area contributed by atoms with E-state index >= 15 is 0 Å². The Kier molecular flexibility index (Phi) is 5.81. The number of carbonyl (C=O) groups excluding carboxylic acids is 2. The van der Waals surface area contributed by atoms with Crippen LogP contribution in [0.2, 0.25) is 0 Å². The second-order valence-corrected chi connectivity index (χ2v) is 4.65. The van der Waals surface area contributed by atoms with Crippen LogP contribution in [0.3, 0.4) is 0 Å². The normalized spacial score (nSPS) is 13.0. The molecule has 1 unspecified atom stereocenters. The van der Waals surface area contributed by atoms with E-state index in [4.69, 9.17) is 16.2 Å². The van der Waals surface area contributed by atoms with Crippen LogP contribution in [-0.2, 0) is 9.53 Å². The summed E-state index contributed by atoms with van der Waals surface area (Å²) in [4.78, 5) is 21.7. The second-order valence-electron chi connectivity index (χ2n) is 4.65. The first-order valence-electron chi connectivity index (χ1n) is 5.21. The smallest absolute Gasteiger partial charge is 0.407 e. The molecule has 0 saturated carbocycles. The Bertz CT molecular complexity index is 248. The average molecular weight is 231 g/mol. The molecule has 0 aromatic carbocycles. The van der Waals surface area contributed by atoms with E-state index in [1.807, 2.05) is 0 Å². The molecule has 94 valence electrons. The number of hydrogen-bond acceptors (Lipinski definition) is 4. The van der Waals surface area contributed by atoms with Crippen molar-refractivity contribution in [1.29, 1.82) is 0 Å². The fourth-order valence-corrected chi connectivity index (χ4v) is 1.03. The zero-order valence-electron chi connectivity index (χ0n) is 10.1. The van der Waals surface area contributed by atoms with Crippen LogP contribution in [0, 0.1) is 0 Å². The predicted molar refractivity (Wildman–Crippen MR) is 60.6 cm³/mol. The Labute approximate surface area is 95.7 Å². The van der Waals surface area contributed by atoms with Gasteiger partial charge in [-0.05, 0) is 27.2 Å². The molecular weight excluding hydrogens is 210 g/mol. The van der Waals surface area contributed by atoms with Gasteiger partial charge in [-0.15, -0.1) is 0 Å². The van der Waals surface area contributed by atoms with Crippen molar-refractivity contribution < 1.29 is 14.3 Å². The fourth-order valence-electron chi connectivity index (χ4n) is 1.03. The van der Waals surface area contributed by atoms with Gasteiger partial charge in [-0.1, -0.05) is 0 Å². The summed E-state index contributed by atoms with van der Waals surface area (Å²) in [5.41, 5.74) is 10.1. The monoisotopic (exact) mass is 231 g/mol. The largest absolute Gasteiger partial charge is 0.444 e. The number of primary amides is 1. The molecule has 6 heteroatoms. The minimum atomic E-state index is -0.514. The third-order valence-corrected chi connectivity index (χ3v) is 1.65. The molecule has 0 heterocycles. The quantitative estimate of drug-likeness (QED) is 0.623. The first-order valence-corrected chi connectivity index (χ1v) is 5.21. The van der Waals surface area contributed by atoms with Crippen molar-refractivity contribution in [1.82, 2.24) is 5.32 Å². The van der Waals surface area contributed by atoms with Crippen LogP contribution < -0.4 is 16.8 Å². The molecule has 0 spiro atoms. The topological polar surface area (TPSA) is 107 Å². The maximum absolute atomic E-state index is 11.2. The van der Waals surface area contributed by atoms with E-state index in [1.165, 1.54) is 0 Å². The Hall–Kier alpha value is -1.30. The Balaban J connectivity index is 3.66. The number of nitrogens with two attached hydrogens (primary N) is 2. The summed E-state index contributed by atoms with van der Waals surface area (Å²) in [5, 5.41) is 2.55. The standard InChI is InChI=1S/C10H21N3O3/c1-10(2,3)16-9(15)13-5-4-7(11)6-8(12)14/h7H,4-6,11H2,1-3H3,(H2,12,14)(H,13,15). The molecule has 2 amide bonds. The van der Waals surface area contributed by atoms with Crippen LogP contribution in [0.5, 0.6) is 0 Å². The molecule has 0 aromatic heterocycles. The van der Waals surface area contributed by atoms with E-state index in [0.29, 0.717) is 13.0 Å². The van der Waals surface area contributed by atoms with Crippen LogP contribution in [0.25, 0.3) is 0 Å². The molecule has 0 aliphatic carbocycles. The minimum absolute atomic E-state index is 0.121. The lowest BCUT2D eigenvalue weighted by molar-refractivity contribution is -0.118. The SMILES string of the molecule is CC(C)(C)OC(=O)NCCC(N)CC(N)=O. The summed E-state index contributed by atoms with van der Waals surface area (Å²) in [6.45, 7) is 5.71. The minimum Gasteiger partial charge on any atom is -0.444 e. The van der Waals surface area contributed by atoms with E-state index < -0.39 is 17.6 Å². The Morgan fingerprint density at radius 2 is 1.94 bits per heavy atom. The molecule has 16 heavy (non-hydrogen) atoms. The molecule has 0 bridgehead atoms.